The van der Waals surface area contributed by atoms with E-state index in [0.717, 1.165) is 15.6 Å². The summed E-state index contributed by atoms with van der Waals surface area (Å²) in [5.74, 6) is -0.776. The maximum Gasteiger partial charge on any atom is 0.311 e. The molecule has 1 aromatic carbocycles. The predicted molar refractivity (Wildman–Crippen MR) is 84.1 cm³/mol. The second-order valence-corrected chi connectivity index (χ2v) is 6.87. The monoisotopic (exact) mass is 353 g/mol. The Labute approximate surface area is 133 Å². The van der Waals surface area contributed by atoms with E-state index in [1.165, 1.54) is 0 Å². The summed E-state index contributed by atoms with van der Waals surface area (Å²) in [4.78, 5) is 25.1. The summed E-state index contributed by atoms with van der Waals surface area (Å²) >= 11 is 3.46. The maximum atomic E-state index is 12.2. The molecule has 5 heteroatoms. The molecule has 1 heterocycles. The number of carboxylic acids is 1. The number of aryl methyl sites for hydroxylation is 2. The van der Waals surface area contributed by atoms with E-state index in [1.54, 1.807) is 11.8 Å². The molecule has 1 unspecified atom stereocenters. The lowest BCUT2D eigenvalue weighted by Crippen LogP contribution is -2.34. The molecule has 1 N–H and O–H groups in total. The molecule has 1 aliphatic heterocycles. The van der Waals surface area contributed by atoms with Gasteiger partial charge in [0.05, 0.1) is 5.41 Å². The van der Waals surface area contributed by atoms with Crippen molar-refractivity contribution in [3.8, 4) is 0 Å². The van der Waals surface area contributed by atoms with Gasteiger partial charge >= 0.3 is 5.97 Å². The van der Waals surface area contributed by atoms with Crippen LogP contribution in [0.1, 0.15) is 30.9 Å². The molecule has 2 rings (SSSR count). The molecule has 0 spiro atoms. The minimum Gasteiger partial charge on any atom is -0.481 e. The predicted octanol–water partition coefficient (Wildman–Crippen LogP) is 3.01. The van der Waals surface area contributed by atoms with Crippen LogP contribution in [0.25, 0.3) is 0 Å². The second kappa shape index (κ2) is 6.18. The van der Waals surface area contributed by atoms with Gasteiger partial charge in [-0.25, -0.2) is 0 Å². The zero-order valence-electron chi connectivity index (χ0n) is 12.4. The molecule has 21 heavy (non-hydrogen) atoms. The third-order valence-electron chi connectivity index (χ3n) is 4.19. The number of rotatable bonds is 4. The summed E-state index contributed by atoms with van der Waals surface area (Å²) in [5, 5.41) is 9.19. The van der Waals surface area contributed by atoms with Crippen molar-refractivity contribution in [3.05, 3.63) is 33.8 Å². The molecule has 1 amide bonds. The van der Waals surface area contributed by atoms with E-state index < -0.39 is 11.4 Å². The fraction of sp³-hybridized carbons (Fsp3) is 0.500. The van der Waals surface area contributed by atoms with Crippen LogP contribution in [0.15, 0.2) is 22.7 Å². The number of carbonyl (C=O) groups excluding carboxylic acids is 1. The van der Waals surface area contributed by atoms with Crippen LogP contribution in [0.5, 0.6) is 0 Å². The Morgan fingerprint density at radius 2 is 2.14 bits per heavy atom. The zero-order valence-corrected chi connectivity index (χ0v) is 13.9. The van der Waals surface area contributed by atoms with E-state index in [-0.39, 0.29) is 5.91 Å². The topological polar surface area (TPSA) is 57.6 Å². The summed E-state index contributed by atoms with van der Waals surface area (Å²) in [7, 11) is 0. The van der Waals surface area contributed by atoms with E-state index in [2.05, 4.69) is 22.0 Å². The average molecular weight is 354 g/mol. The molecular formula is C16H20BrNO3. The molecular weight excluding hydrogens is 334 g/mol. The highest BCUT2D eigenvalue weighted by Gasteiger charge is 2.41. The molecule has 0 aromatic heterocycles. The van der Waals surface area contributed by atoms with Gasteiger partial charge in [0.1, 0.15) is 0 Å². The van der Waals surface area contributed by atoms with Gasteiger partial charge in [-0.2, -0.15) is 0 Å². The molecule has 0 saturated carbocycles. The third-order valence-corrected chi connectivity index (χ3v) is 5.08. The Morgan fingerprint density at radius 3 is 2.71 bits per heavy atom. The third kappa shape index (κ3) is 3.64. The number of benzene rings is 1. The molecule has 0 radical (unpaired) electrons. The second-order valence-electron chi connectivity index (χ2n) is 6.01. The Hall–Kier alpha value is -1.36. The fourth-order valence-electron chi connectivity index (χ4n) is 2.62. The van der Waals surface area contributed by atoms with Gasteiger partial charge in [-0.1, -0.05) is 28.1 Å². The Morgan fingerprint density at radius 1 is 1.43 bits per heavy atom. The number of halogens is 1. The van der Waals surface area contributed by atoms with E-state index in [4.69, 9.17) is 0 Å². The van der Waals surface area contributed by atoms with E-state index in [1.807, 2.05) is 19.1 Å². The average Bonchev–Trinajstić information content (AvgIpc) is 2.84. The fourth-order valence-corrected chi connectivity index (χ4v) is 2.87. The van der Waals surface area contributed by atoms with Crippen LogP contribution in [0.2, 0.25) is 0 Å². The molecule has 114 valence electrons. The first-order valence-electron chi connectivity index (χ1n) is 7.08. The van der Waals surface area contributed by atoms with Gasteiger partial charge in [0.15, 0.2) is 0 Å². The van der Waals surface area contributed by atoms with Gasteiger partial charge < -0.3 is 10.0 Å². The van der Waals surface area contributed by atoms with Crippen molar-refractivity contribution in [2.45, 2.75) is 33.1 Å². The summed E-state index contributed by atoms with van der Waals surface area (Å²) in [5.41, 5.74) is 1.49. The Bertz CT molecular complexity index is 573. The van der Waals surface area contributed by atoms with Gasteiger partial charge in [0.2, 0.25) is 5.91 Å². The van der Waals surface area contributed by atoms with Gasteiger partial charge in [-0.05, 0) is 43.9 Å². The van der Waals surface area contributed by atoms with Crippen molar-refractivity contribution in [1.82, 2.24) is 4.90 Å². The number of carbonyl (C=O) groups is 2. The van der Waals surface area contributed by atoms with Crippen LogP contribution in [0, 0.1) is 12.3 Å². The van der Waals surface area contributed by atoms with Crippen LogP contribution in [0.3, 0.4) is 0 Å². The molecule has 1 aliphatic rings. The van der Waals surface area contributed by atoms with Gasteiger partial charge in [-0.15, -0.1) is 0 Å². The lowest BCUT2D eigenvalue weighted by atomic mass is 9.90. The minimum absolute atomic E-state index is 0.0422. The normalized spacial score (nSPS) is 21.6. The molecule has 0 bridgehead atoms. The molecule has 1 saturated heterocycles. The Kier molecular flexibility index (Phi) is 4.71. The number of hydrogen-bond donors (Lipinski definition) is 1. The number of nitrogens with zero attached hydrogens (tertiary/aromatic N) is 1. The summed E-state index contributed by atoms with van der Waals surface area (Å²) in [6, 6.07) is 6.07. The van der Waals surface area contributed by atoms with Crippen LogP contribution in [-0.4, -0.2) is 35.0 Å². The highest BCUT2D eigenvalue weighted by atomic mass is 79.9. The van der Waals surface area contributed by atoms with Crippen molar-refractivity contribution in [2.24, 2.45) is 5.41 Å². The van der Waals surface area contributed by atoms with Crippen molar-refractivity contribution >= 4 is 27.8 Å². The SMILES string of the molecule is Cc1cc(CCC(=O)N2CCC(C)(C(=O)O)C2)ccc1Br. The van der Waals surface area contributed by atoms with Crippen LogP contribution in [-0.2, 0) is 16.0 Å². The first-order chi connectivity index (χ1) is 9.82. The number of likely N-dealkylation sites (tertiary alicyclic amines) is 1. The van der Waals surface area contributed by atoms with Gasteiger partial charge in [0.25, 0.3) is 0 Å². The quantitative estimate of drug-likeness (QED) is 0.904. The van der Waals surface area contributed by atoms with Crippen LogP contribution >= 0.6 is 15.9 Å². The maximum absolute atomic E-state index is 12.2. The number of aliphatic carboxylic acids is 1. The molecule has 1 atom stereocenters. The van der Waals surface area contributed by atoms with Crippen LogP contribution in [0.4, 0.5) is 0 Å². The minimum atomic E-state index is -0.818. The number of hydrogen-bond acceptors (Lipinski definition) is 2. The first kappa shape index (κ1) is 16.0. The zero-order chi connectivity index (χ0) is 15.6. The van der Waals surface area contributed by atoms with Crippen molar-refractivity contribution in [1.29, 1.82) is 0 Å². The smallest absolute Gasteiger partial charge is 0.311 e. The standard InChI is InChI=1S/C16H20BrNO3/c1-11-9-12(3-5-13(11)17)4-6-14(19)18-8-7-16(2,10-18)15(20)21/h3,5,9H,4,6-8,10H2,1-2H3,(H,20,21). The molecule has 0 aliphatic carbocycles. The van der Waals surface area contributed by atoms with Gasteiger partial charge in [0, 0.05) is 24.0 Å². The van der Waals surface area contributed by atoms with E-state index >= 15 is 0 Å². The van der Waals surface area contributed by atoms with Crippen molar-refractivity contribution < 1.29 is 14.7 Å². The number of carboxylic acid groups (broad SMARTS) is 1. The molecule has 1 aromatic rings. The summed E-state index contributed by atoms with van der Waals surface area (Å²) < 4.78 is 1.06. The van der Waals surface area contributed by atoms with E-state index in [9.17, 15) is 14.7 Å². The lowest BCUT2D eigenvalue weighted by molar-refractivity contribution is -0.147. The largest absolute Gasteiger partial charge is 0.481 e. The first-order valence-corrected chi connectivity index (χ1v) is 7.87. The summed E-state index contributed by atoms with van der Waals surface area (Å²) in [6.45, 7) is 4.59. The number of amides is 1. The van der Waals surface area contributed by atoms with Crippen molar-refractivity contribution in [3.63, 3.8) is 0 Å². The highest BCUT2D eigenvalue weighted by Crippen LogP contribution is 2.30. The van der Waals surface area contributed by atoms with Gasteiger partial charge in [-0.3, -0.25) is 9.59 Å². The van der Waals surface area contributed by atoms with Crippen molar-refractivity contribution in [2.75, 3.05) is 13.1 Å². The highest BCUT2D eigenvalue weighted by molar-refractivity contribution is 9.10. The molecule has 4 nitrogen and oxygen atoms in total. The Balaban J connectivity index is 1.91. The van der Waals surface area contributed by atoms with Crippen LogP contribution < -0.4 is 0 Å². The summed E-state index contributed by atoms with van der Waals surface area (Å²) in [6.07, 6.45) is 1.65. The lowest BCUT2D eigenvalue weighted by Gasteiger charge is -2.20. The molecule has 1 fully saturated rings. The van der Waals surface area contributed by atoms with E-state index in [0.29, 0.717) is 32.4 Å².